The maximum absolute atomic E-state index is 5.93. The van der Waals surface area contributed by atoms with E-state index in [2.05, 4.69) is 6.92 Å². The van der Waals surface area contributed by atoms with Crippen molar-refractivity contribution in [3.8, 4) is 0 Å². The van der Waals surface area contributed by atoms with E-state index in [1.54, 1.807) is 0 Å². The van der Waals surface area contributed by atoms with Crippen LogP contribution in [0.4, 0.5) is 0 Å². The summed E-state index contributed by atoms with van der Waals surface area (Å²) in [5, 5.41) is -0.522. The van der Waals surface area contributed by atoms with E-state index < -0.39 is 0 Å². The largest absolute Gasteiger partial charge is 0.125 e. The van der Waals surface area contributed by atoms with Gasteiger partial charge in [-0.05, 0) is 6.42 Å². The van der Waals surface area contributed by atoms with E-state index in [0.717, 1.165) is 12.8 Å². The first-order valence-electron chi connectivity index (χ1n) is 3.61. The van der Waals surface area contributed by atoms with E-state index in [1.807, 2.05) is 0 Å². The highest BCUT2D eigenvalue weighted by atomic mass is 35.5. The Kier molecular flexibility index (Phi) is 7.35. The molecule has 0 bridgehead atoms. The standard InChI is InChI=1S/C7H12Cl4/c1-2-3-5(9)7(11)6(10)4-8/h5-7H,2-4H2,1H3. The van der Waals surface area contributed by atoms with Crippen molar-refractivity contribution in [2.45, 2.75) is 35.9 Å². The molecule has 0 radical (unpaired) electrons. The fourth-order valence-corrected chi connectivity index (χ4v) is 1.89. The molecule has 0 aromatic carbocycles. The quantitative estimate of drug-likeness (QED) is 0.638. The van der Waals surface area contributed by atoms with Crippen molar-refractivity contribution in [1.29, 1.82) is 0 Å². The molecular formula is C7H12Cl4. The SMILES string of the molecule is CCCC(Cl)C(Cl)C(Cl)CCl. The van der Waals surface area contributed by atoms with E-state index in [9.17, 15) is 0 Å². The van der Waals surface area contributed by atoms with Crippen molar-refractivity contribution in [1.82, 2.24) is 0 Å². The smallest absolute Gasteiger partial charge is 0.0674 e. The first kappa shape index (κ1) is 12.2. The van der Waals surface area contributed by atoms with E-state index in [0.29, 0.717) is 5.88 Å². The molecule has 3 unspecified atom stereocenters. The molecular weight excluding hydrogens is 226 g/mol. The fourth-order valence-electron chi connectivity index (χ4n) is 0.747. The fraction of sp³-hybridized carbons (Fsp3) is 1.00. The van der Waals surface area contributed by atoms with Crippen LogP contribution in [0.1, 0.15) is 19.8 Å². The Morgan fingerprint density at radius 1 is 1.09 bits per heavy atom. The number of hydrogen-bond donors (Lipinski definition) is 0. The Morgan fingerprint density at radius 3 is 2.00 bits per heavy atom. The Hall–Kier alpha value is 1.16. The third-order valence-electron chi connectivity index (χ3n) is 1.40. The van der Waals surface area contributed by atoms with Crippen molar-refractivity contribution in [2.75, 3.05) is 5.88 Å². The molecule has 0 aromatic heterocycles. The highest BCUT2D eigenvalue weighted by Crippen LogP contribution is 2.22. The summed E-state index contributed by atoms with van der Waals surface area (Å²) in [7, 11) is 0. The topological polar surface area (TPSA) is 0 Å². The normalized spacial score (nSPS) is 19.4. The summed E-state index contributed by atoms with van der Waals surface area (Å²) in [5.74, 6) is 0.350. The van der Waals surface area contributed by atoms with Gasteiger partial charge in [0.25, 0.3) is 0 Å². The number of hydrogen-bond acceptors (Lipinski definition) is 0. The van der Waals surface area contributed by atoms with Gasteiger partial charge in [-0.25, -0.2) is 0 Å². The van der Waals surface area contributed by atoms with Crippen LogP contribution in [0, 0.1) is 0 Å². The van der Waals surface area contributed by atoms with Crippen molar-refractivity contribution in [2.24, 2.45) is 0 Å². The third kappa shape index (κ3) is 4.67. The maximum atomic E-state index is 5.93. The van der Waals surface area contributed by atoms with Crippen LogP contribution < -0.4 is 0 Å². The molecule has 0 amide bonds. The van der Waals surface area contributed by atoms with E-state index in [-0.39, 0.29) is 16.1 Å². The molecule has 0 aliphatic heterocycles. The average Bonchev–Trinajstić information content (AvgIpc) is 2.02. The molecule has 0 N–H and O–H groups in total. The molecule has 0 aliphatic rings. The van der Waals surface area contributed by atoms with Gasteiger partial charge < -0.3 is 0 Å². The van der Waals surface area contributed by atoms with E-state index >= 15 is 0 Å². The van der Waals surface area contributed by atoms with Gasteiger partial charge in [0, 0.05) is 5.88 Å². The first-order chi connectivity index (χ1) is 5.13. The van der Waals surface area contributed by atoms with Crippen LogP contribution in [-0.2, 0) is 0 Å². The molecule has 0 heterocycles. The van der Waals surface area contributed by atoms with Crippen LogP contribution in [0.3, 0.4) is 0 Å². The molecule has 0 aromatic rings. The zero-order valence-electron chi connectivity index (χ0n) is 6.37. The van der Waals surface area contributed by atoms with Crippen LogP contribution in [-0.4, -0.2) is 22.0 Å². The predicted octanol–water partition coefficient (Wildman–Crippen LogP) is 3.85. The van der Waals surface area contributed by atoms with Gasteiger partial charge in [0.2, 0.25) is 0 Å². The summed E-state index contributed by atoms with van der Waals surface area (Å²) in [6.45, 7) is 2.06. The third-order valence-corrected chi connectivity index (χ3v) is 3.68. The lowest BCUT2D eigenvalue weighted by atomic mass is 10.1. The van der Waals surface area contributed by atoms with Crippen LogP contribution in [0.25, 0.3) is 0 Å². The lowest BCUT2D eigenvalue weighted by molar-refractivity contribution is 0.678. The molecule has 0 aliphatic carbocycles. The second-order valence-electron chi connectivity index (χ2n) is 2.42. The number of halogens is 4. The van der Waals surface area contributed by atoms with E-state index in [4.69, 9.17) is 46.4 Å². The molecule has 0 fully saturated rings. The van der Waals surface area contributed by atoms with Crippen LogP contribution in [0.15, 0.2) is 0 Å². The lowest BCUT2D eigenvalue weighted by Gasteiger charge is -2.18. The van der Waals surface area contributed by atoms with Crippen molar-refractivity contribution < 1.29 is 0 Å². The highest BCUT2D eigenvalue weighted by Gasteiger charge is 2.23. The first-order valence-corrected chi connectivity index (χ1v) is 5.46. The second kappa shape index (κ2) is 6.65. The highest BCUT2D eigenvalue weighted by molar-refractivity contribution is 6.37. The van der Waals surface area contributed by atoms with Gasteiger partial charge >= 0.3 is 0 Å². The second-order valence-corrected chi connectivity index (χ2v) is 4.35. The molecule has 11 heavy (non-hydrogen) atoms. The minimum absolute atomic E-state index is 0.0667. The Morgan fingerprint density at radius 2 is 1.64 bits per heavy atom. The summed E-state index contributed by atoms with van der Waals surface area (Å²) in [6.07, 6.45) is 1.90. The lowest BCUT2D eigenvalue weighted by Crippen LogP contribution is -2.26. The van der Waals surface area contributed by atoms with Gasteiger partial charge in [0.15, 0.2) is 0 Å². The van der Waals surface area contributed by atoms with Gasteiger partial charge in [-0.15, -0.1) is 46.4 Å². The van der Waals surface area contributed by atoms with Crippen molar-refractivity contribution >= 4 is 46.4 Å². The number of rotatable bonds is 5. The Bertz CT molecular complexity index is 96.4. The molecule has 0 saturated carbocycles. The zero-order chi connectivity index (χ0) is 8.85. The summed E-state index contributed by atoms with van der Waals surface area (Å²) >= 11 is 23.2. The minimum atomic E-state index is -0.229. The van der Waals surface area contributed by atoms with Gasteiger partial charge in [-0.3, -0.25) is 0 Å². The molecule has 4 heteroatoms. The van der Waals surface area contributed by atoms with E-state index in [1.165, 1.54) is 0 Å². The van der Waals surface area contributed by atoms with Crippen LogP contribution in [0.2, 0.25) is 0 Å². The van der Waals surface area contributed by atoms with Gasteiger partial charge in [0.1, 0.15) is 0 Å². The molecule has 0 spiro atoms. The molecule has 0 rings (SSSR count). The molecule has 0 saturated heterocycles. The average molecular weight is 238 g/mol. The molecule has 0 nitrogen and oxygen atoms in total. The summed E-state index contributed by atoms with van der Waals surface area (Å²) in [4.78, 5) is 0. The summed E-state index contributed by atoms with van der Waals surface area (Å²) < 4.78 is 0. The summed E-state index contributed by atoms with van der Waals surface area (Å²) in [5.41, 5.74) is 0. The van der Waals surface area contributed by atoms with Crippen LogP contribution in [0.5, 0.6) is 0 Å². The monoisotopic (exact) mass is 236 g/mol. The van der Waals surface area contributed by atoms with Crippen molar-refractivity contribution in [3.05, 3.63) is 0 Å². The molecule has 68 valence electrons. The van der Waals surface area contributed by atoms with Gasteiger partial charge in [-0.1, -0.05) is 13.3 Å². The maximum Gasteiger partial charge on any atom is 0.0674 e. The van der Waals surface area contributed by atoms with Crippen molar-refractivity contribution in [3.63, 3.8) is 0 Å². The van der Waals surface area contributed by atoms with Gasteiger partial charge in [0.05, 0.1) is 16.1 Å². The minimum Gasteiger partial charge on any atom is -0.125 e. The number of alkyl halides is 4. The van der Waals surface area contributed by atoms with Crippen LogP contribution >= 0.6 is 46.4 Å². The predicted molar refractivity (Wildman–Crippen MR) is 54.6 cm³/mol. The Balaban J connectivity index is 3.70. The Labute approximate surface area is 88.1 Å². The zero-order valence-corrected chi connectivity index (χ0v) is 9.39. The van der Waals surface area contributed by atoms with Gasteiger partial charge in [-0.2, -0.15) is 0 Å². The summed E-state index contributed by atoms with van der Waals surface area (Å²) in [6, 6.07) is 0. The molecule has 3 atom stereocenters.